The van der Waals surface area contributed by atoms with E-state index < -0.39 is 5.91 Å². The molecule has 0 spiro atoms. The van der Waals surface area contributed by atoms with Gasteiger partial charge in [-0.05, 0) is 91.8 Å². The Morgan fingerprint density at radius 3 is 2.05 bits per heavy atom. The average molecular weight is 594 g/mol. The molecule has 3 aliphatic heterocycles. The SMILES string of the molecule is COc1ccc(CO/N=C(/C(=O)NCC23CCN(CC2)CC3)c2ccc(OCc3ccc(OC)cc3)c(O)c2Cl)cc1. The van der Waals surface area contributed by atoms with Crippen LogP contribution in [0.5, 0.6) is 23.0 Å². The van der Waals surface area contributed by atoms with E-state index in [0.717, 1.165) is 61.5 Å². The highest BCUT2D eigenvalue weighted by Gasteiger charge is 2.39. The lowest BCUT2D eigenvalue weighted by molar-refractivity contribution is -0.116. The Bertz CT molecular complexity index is 1390. The number of hydrogen-bond donors (Lipinski definition) is 2. The number of nitrogens with zero attached hydrogens (tertiary/aromatic N) is 2. The lowest BCUT2D eigenvalue weighted by Gasteiger charge is -2.48. The first-order valence-electron chi connectivity index (χ1n) is 14.0. The Kier molecular flexibility index (Phi) is 9.39. The van der Waals surface area contributed by atoms with Crippen LogP contribution in [-0.2, 0) is 22.8 Å². The van der Waals surface area contributed by atoms with Crippen molar-refractivity contribution < 1.29 is 28.9 Å². The van der Waals surface area contributed by atoms with Crippen LogP contribution in [0.4, 0.5) is 0 Å². The van der Waals surface area contributed by atoms with Gasteiger partial charge >= 0.3 is 0 Å². The summed E-state index contributed by atoms with van der Waals surface area (Å²) < 4.78 is 16.2. The van der Waals surface area contributed by atoms with Gasteiger partial charge in [0.2, 0.25) is 0 Å². The molecule has 0 aliphatic carbocycles. The van der Waals surface area contributed by atoms with Gasteiger partial charge in [-0.3, -0.25) is 4.79 Å². The lowest BCUT2D eigenvalue weighted by atomic mass is 9.72. The summed E-state index contributed by atoms with van der Waals surface area (Å²) in [5, 5.41) is 18.2. The second-order valence-corrected chi connectivity index (χ2v) is 11.1. The van der Waals surface area contributed by atoms with Gasteiger partial charge in [-0.1, -0.05) is 41.0 Å². The third-order valence-electron chi connectivity index (χ3n) is 8.15. The number of rotatable bonds is 12. The molecule has 222 valence electrons. The van der Waals surface area contributed by atoms with E-state index in [4.69, 9.17) is 30.6 Å². The number of carbonyl (C=O) groups is 1. The third-order valence-corrected chi connectivity index (χ3v) is 8.53. The van der Waals surface area contributed by atoms with Crippen molar-refractivity contribution in [2.24, 2.45) is 10.6 Å². The predicted octanol–water partition coefficient (Wildman–Crippen LogP) is 5.16. The highest BCUT2D eigenvalue weighted by Crippen LogP contribution is 2.40. The van der Waals surface area contributed by atoms with Crippen molar-refractivity contribution in [1.82, 2.24) is 10.2 Å². The first kappa shape index (κ1) is 29.5. The zero-order valence-corrected chi connectivity index (χ0v) is 24.7. The third kappa shape index (κ3) is 6.91. The zero-order chi connectivity index (χ0) is 29.5. The number of methoxy groups -OCH3 is 2. The number of carbonyl (C=O) groups excluding carboxylic acids is 1. The fourth-order valence-electron chi connectivity index (χ4n) is 5.35. The number of fused-ring (bicyclic) bond motifs is 3. The smallest absolute Gasteiger partial charge is 0.274 e. The van der Waals surface area contributed by atoms with Gasteiger partial charge in [-0.2, -0.15) is 0 Å². The van der Waals surface area contributed by atoms with Crippen molar-refractivity contribution >= 4 is 23.2 Å². The molecule has 9 nitrogen and oxygen atoms in total. The molecule has 3 aliphatic rings. The number of phenols is 1. The highest BCUT2D eigenvalue weighted by molar-refractivity contribution is 6.49. The molecule has 0 aromatic heterocycles. The number of ether oxygens (including phenoxy) is 3. The van der Waals surface area contributed by atoms with E-state index in [0.29, 0.717) is 6.54 Å². The molecule has 3 saturated heterocycles. The largest absolute Gasteiger partial charge is 0.503 e. The van der Waals surface area contributed by atoms with Crippen LogP contribution >= 0.6 is 11.6 Å². The summed E-state index contributed by atoms with van der Waals surface area (Å²) in [6.07, 6.45) is 3.15. The summed E-state index contributed by atoms with van der Waals surface area (Å²) in [5.74, 6) is 0.955. The van der Waals surface area contributed by atoms with Crippen LogP contribution in [0.15, 0.2) is 65.8 Å². The summed E-state index contributed by atoms with van der Waals surface area (Å²) in [7, 11) is 3.21. The normalized spacial score (nSPS) is 19.7. The minimum Gasteiger partial charge on any atom is -0.503 e. The van der Waals surface area contributed by atoms with Crippen molar-refractivity contribution in [1.29, 1.82) is 0 Å². The Balaban J connectivity index is 1.33. The van der Waals surface area contributed by atoms with Crippen LogP contribution < -0.4 is 19.5 Å². The van der Waals surface area contributed by atoms with Crippen LogP contribution in [-0.4, -0.2) is 62.0 Å². The van der Waals surface area contributed by atoms with E-state index in [1.54, 1.807) is 26.4 Å². The molecule has 6 rings (SSSR count). The van der Waals surface area contributed by atoms with Crippen molar-refractivity contribution in [3.05, 3.63) is 82.4 Å². The molecule has 3 aromatic carbocycles. The van der Waals surface area contributed by atoms with Gasteiger partial charge in [0, 0.05) is 12.1 Å². The molecule has 3 aromatic rings. The van der Waals surface area contributed by atoms with Crippen molar-refractivity contribution in [3.8, 4) is 23.0 Å². The molecule has 0 saturated carbocycles. The Morgan fingerprint density at radius 2 is 1.48 bits per heavy atom. The number of nitrogens with one attached hydrogen (secondary N) is 1. The highest BCUT2D eigenvalue weighted by atomic mass is 35.5. The summed E-state index contributed by atoms with van der Waals surface area (Å²) in [6, 6.07) is 17.9. The van der Waals surface area contributed by atoms with Crippen LogP contribution in [0.2, 0.25) is 5.02 Å². The molecule has 42 heavy (non-hydrogen) atoms. The second kappa shape index (κ2) is 13.4. The van der Waals surface area contributed by atoms with Gasteiger partial charge in [-0.15, -0.1) is 0 Å². The molecule has 0 unspecified atom stereocenters. The molecule has 3 fully saturated rings. The van der Waals surface area contributed by atoms with Gasteiger partial charge in [0.15, 0.2) is 17.2 Å². The van der Waals surface area contributed by atoms with Gasteiger partial charge in [0.1, 0.15) is 24.7 Å². The molecule has 0 atom stereocenters. The van der Waals surface area contributed by atoms with Gasteiger partial charge in [-0.25, -0.2) is 0 Å². The summed E-state index contributed by atoms with van der Waals surface area (Å²) in [6.45, 7) is 4.05. The average Bonchev–Trinajstić information content (AvgIpc) is 3.04. The summed E-state index contributed by atoms with van der Waals surface area (Å²) in [5.41, 5.74) is 2.05. The van der Waals surface area contributed by atoms with Crippen LogP contribution in [0.1, 0.15) is 36.0 Å². The van der Waals surface area contributed by atoms with E-state index >= 15 is 0 Å². The number of halogens is 1. The maximum Gasteiger partial charge on any atom is 0.274 e. The standard InChI is InChI=1S/C32H36ClN3O6/c1-39-24-7-3-22(4-8-24)19-41-27-12-11-26(28(33)30(27)37)29(35-42-20-23-5-9-25(40-2)10-6-23)31(38)34-21-32-13-16-36(17-14-32)18-15-32/h3-12,37H,13-21H2,1-2H3,(H,34,38)/b35-29+. The predicted molar refractivity (Wildman–Crippen MR) is 160 cm³/mol. The van der Waals surface area contributed by atoms with Crippen LogP contribution in [0.25, 0.3) is 0 Å². The maximum atomic E-state index is 13.6. The van der Waals surface area contributed by atoms with Crippen LogP contribution in [0.3, 0.4) is 0 Å². The number of piperidine rings is 3. The minimum atomic E-state index is -0.416. The Labute approximate surface area is 251 Å². The number of phenolic OH excluding ortho intramolecular Hbond substituents is 1. The van der Waals surface area contributed by atoms with E-state index in [1.165, 1.54) is 0 Å². The second-order valence-electron chi connectivity index (χ2n) is 10.7. The Hall–Kier alpha value is -3.95. The zero-order valence-electron chi connectivity index (χ0n) is 23.9. The molecular weight excluding hydrogens is 558 g/mol. The number of benzene rings is 3. The van der Waals surface area contributed by atoms with E-state index in [2.05, 4.69) is 15.4 Å². The first-order chi connectivity index (χ1) is 20.4. The lowest BCUT2D eigenvalue weighted by Crippen LogP contribution is -2.53. The minimum absolute atomic E-state index is 0.0184. The fourth-order valence-corrected chi connectivity index (χ4v) is 5.59. The summed E-state index contributed by atoms with van der Waals surface area (Å²) >= 11 is 6.62. The molecule has 1 amide bonds. The van der Waals surface area contributed by atoms with Gasteiger partial charge in [0.05, 0.1) is 19.2 Å². The number of aromatic hydroxyl groups is 1. The molecule has 10 heteroatoms. The topological polar surface area (TPSA) is 102 Å². The fraction of sp³-hybridized carbons (Fsp3) is 0.375. The number of amides is 1. The Morgan fingerprint density at radius 1 is 0.905 bits per heavy atom. The summed E-state index contributed by atoms with van der Waals surface area (Å²) in [4.78, 5) is 21.7. The maximum absolute atomic E-state index is 13.6. The van der Waals surface area contributed by atoms with Crippen molar-refractivity contribution in [3.63, 3.8) is 0 Å². The molecule has 0 radical (unpaired) electrons. The number of oxime groups is 1. The molecule has 2 N–H and O–H groups in total. The first-order valence-corrected chi connectivity index (χ1v) is 14.4. The quantitative estimate of drug-likeness (QED) is 0.221. The van der Waals surface area contributed by atoms with E-state index in [9.17, 15) is 9.90 Å². The van der Waals surface area contributed by atoms with Crippen molar-refractivity contribution in [2.75, 3.05) is 40.4 Å². The monoisotopic (exact) mass is 593 g/mol. The van der Waals surface area contributed by atoms with E-state index in [-0.39, 0.29) is 46.4 Å². The van der Waals surface area contributed by atoms with E-state index in [1.807, 2.05) is 48.5 Å². The number of hydrogen-bond acceptors (Lipinski definition) is 8. The van der Waals surface area contributed by atoms with Gasteiger partial charge in [0.25, 0.3) is 5.91 Å². The van der Waals surface area contributed by atoms with Gasteiger partial charge < -0.3 is 34.4 Å². The van der Waals surface area contributed by atoms with Crippen molar-refractivity contribution in [2.45, 2.75) is 32.5 Å². The molecular formula is C32H36ClN3O6. The molecule has 2 bridgehead atoms. The molecule has 3 heterocycles. The van der Waals surface area contributed by atoms with Crippen LogP contribution in [0, 0.1) is 5.41 Å².